The number of carboxylic acid groups (broad SMARTS) is 1. The maximum absolute atomic E-state index is 12.6. The molecular weight excluding hydrogens is 556 g/mol. The van der Waals surface area contributed by atoms with Gasteiger partial charge in [-0.25, -0.2) is 14.8 Å². The minimum absolute atomic E-state index is 0.378. The van der Waals surface area contributed by atoms with Crippen LogP contribution in [0.25, 0.3) is 42.9 Å². The summed E-state index contributed by atoms with van der Waals surface area (Å²) in [5.41, 5.74) is 6.38. The Bertz CT molecular complexity index is 1780. The molecule has 0 spiro atoms. The topological polar surface area (TPSA) is 89.3 Å². The summed E-state index contributed by atoms with van der Waals surface area (Å²) in [7, 11) is 0. The lowest BCUT2D eigenvalue weighted by Gasteiger charge is -2.28. The van der Waals surface area contributed by atoms with Gasteiger partial charge in [0.25, 0.3) is 0 Å². The summed E-state index contributed by atoms with van der Waals surface area (Å²) in [6, 6.07) is 16.2. The summed E-state index contributed by atoms with van der Waals surface area (Å²) < 4.78 is 9.40. The van der Waals surface area contributed by atoms with Crippen LogP contribution in [0, 0.1) is 13.8 Å². The van der Waals surface area contributed by atoms with Crippen molar-refractivity contribution in [3.63, 3.8) is 0 Å². The van der Waals surface area contributed by atoms with Gasteiger partial charge in [0.2, 0.25) is 0 Å². The first-order valence-corrected chi connectivity index (χ1v) is 15.0. The lowest BCUT2D eigenvalue weighted by atomic mass is 9.91. The van der Waals surface area contributed by atoms with Gasteiger partial charge in [0.1, 0.15) is 10.8 Å². The number of rotatable bonds is 6. The van der Waals surface area contributed by atoms with E-state index in [0.717, 1.165) is 73.8 Å². The number of halogens is 1. The van der Waals surface area contributed by atoms with Crippen LogP contribution < -0.4 is 5.32 Å². The molecule has 0 amide bonds. The molecule has 2 aromatic heterocycles. The Balaban J connectivity index is 1.57. The molecule has 6 rings (SSSR count). The molecule has 0 saturated carbocycles. The average molecular weight is 589 g/mol. The van der Waals surface area contributed by atoms with Gasteiger partial charge in [-0.15, -0.1) is 11.3 Å². The quantitative estimate of drug-likeness (QED) is 0.211. The zero-order valence-corrected chi connectivity index (χ0v) is 25.4. The number of hydrogen-bond donors (Lipinski definition) is 2. The highest BCUT2D eigenvalue weighted by Crippen LogP contribution is 2.44. The first kappa shape index (κ1) is 27.8. The maximum atomic E-state index is 12.6. The number of carboxylic acids is 1. The Morgan fingerprint density at radius 1 is 1.10 bits per heavy atom. The van der Waals surface area contributed by atoms with Crippen molar-refractivity contribution in [2.24, 2.45) is 0 Å². The number of fused-ring (bicyclic) bond motifs is 2. The van der Waals surface area contributed by atoms with Crippen LogP contribution in [0.1, 0.15) is 56.3 Å². The minimum Gasteiger partial charge on any atom is -0.479 e. The lowest BCUT2D eigenvalue weighted by molar-refractivity contribution is -0.160. The van der Waals surface area contributed by atoms with Crippen molar-refractivity contribution in [3.8, 4) is 21.7 Å². The van der Waals surface area contributed by atoms with E-state index in [-0.39, 0.29) is 0 Å². The summed E-state index contributed by atoms with van der Waals surface area (Å²) in [6.07, 6.45) is -0.0738. The summed E-state index contributed by atoms with van der Waals surface area (Å²) >= 11 is 7.81. The van der Waals surface area contributed by atoms with Crippen LogP contribution in [0.15, 0.2) is 48.5 Å². The van der Waals surface area contributed by atoms with Crippen LogP contribution >= 0.6 is 22.9 Å². The summed E-state index contributed by atoms with van der Waals surface area (Å²) in [6.45, 7) is 11.5. The third-order valence-corrected chi connectivity index (χ3v) is 8.92. The SMILES string of the molecule is Cc1cc2nc(-c3ccc4nc(C)n(C5CCNC5)c4c3)sc2c(-c2ccc(Cl)cc2)c1C(OC(C)(C)C)C(=O)O. The monoisotopic (exact) mass is 588 g/mol. The van der Waals surface area contributed by atoms with Crippen molar-refractivity contribution >= 4 is 50.2 Å². The Morgan fingerprint density at radius 3 is 2.49 bits per heavy atom. The molecule has 5 aromatic rings. The number of thiazole rings is 1. The van der Waals surface area contributed by atoms with E-state index in [9.17, 15) is 9.90 Å². The molecule has 0 aliphatic carbocycles. The van der Waals surface area contributed by atoms with Gasteiger partial charge in [0.15, 0.2) is 6.10 Å². The fourth-order valence-electron chi connectivity index (χ4n) is 5.83. The number of hydrogen-bond acceptors (Lipinski definition) is 6. The fraction of sp³-hybridized carbons (Fsp3) is 0.344. The molecule has 2 N–H and O–H groups in total. The van der Waals surface area contributed by atoms with E-state index in [4.69, 9.17) is 26.3 Å². The van der Waals surface area contributed by atoms with Gasteiger partial charge in [-0.1, -0.05) is 23.7 Å². The van der Waals surface area contributed by atoms with Gasteiger partial charge in [-0.2, -0.15) is 0 Å². The maximum Gasteiger partial charge on any atom is 0.337 e. The fourth-order valence-corrected chi connectivity index (χ4v) is 7.08. The van der Waals surface area contributed by atoms with Crippen LogP contribution in [0.2, 0.25) is 5.02 Å². The Morgan fingerprint density at radius 2 is 1.83 bits per heavy atom. The zero-order valence-electron chi connectivity index (χ0n) is 23.8. The summed E-state index contributed by atoms with van der Waals surface area (Å²) in [4.78, 5) is 22.5. The van der Waals surface area contributed by atoms with Crippen LogP contribution in [0.5, 0.6) is 0 Å². The molecule has 1 aliphatic rings. The standard InChI is InChI=1S/C32H33ClN4O3S/c1-17-14-24-29(27(19-6-9-21(33)10-7-19)26(17)28(31(38)39)40-32(3,4)5)41-30(36-24)20-8-11-23-25(15-20)37(18(2)35-23)22-12-13-34-16-22/h6-11,14-15,22,28,34H,12-13,16H2,1-5H3,(H,38,39). The molecule has 0 bridgehead atoms. The van der Waals surface area contributed by atoms with Crippen LogP contribution in [-0.4, -0.2) is 44.3 Å². The van der Waals surface area contributed by atoms with Crippen LogP contribution in [0.3, 0.4) is 0 Å². The third-order valence-electron chi connectivity index (χ3n) is 7.53. The largest absolute Gasteiger partial charge is 0.479 e. The Hall–Kier alpha value is -3.30. The van der Waals surface area contributed by atoms with E-state index in [2.05, 4.69) is 35.0 Å². The predicted molar refractivity (Wildman–Crippen MR) is 166 cm³/mol. The molecule has 1 aliphatic heterocycles. The molecule has 9 heteroatoms. The highest BCUT2D eigenvalue weighted by molar-refractivity contribution is 7.22. The highest BCUT2D eigenvalue weighted by atomic mass is 35.5. The average Bonchev–Trinajstić information content (AvgIpc) is 3.64. The van der Waals surface area contributed by atoms with Gasteiger partial charge in [-0.05, 0) is 95.1 Å². The lowest BCUT2D eigenvalue weighted by Crippen LogP contribution is -2.28. The molecule has 1 fully saturated rings. The minimum atomic E-state index is -1.15. The van der Waals surface area contributed by atoms with Crippen molar-refractivity contribution in [3.05, 3.63) is 70.5 Å². The van der Waals surface area contributed by atoms with E-state index in [1.807, 2.05) is 58.0 Å². The first-order chi connectivity index (χ1) is 19.5. The van der Waals surface area contributed by atoms with Crippen molar-refractivity contribution in [1.82, 2.24) is 19.9 Å². The van der Waals surface area contributed by atoms with Crippen LogP contribution in [-0.2, 0) is 9.53 Å². The van der Waals surface area contributed by atoms with Crippen LogP contribution in [0.4, 0.5) is 0 Å². The number of aromatic nitrogens is 3. The number of carbonyl (C=O) groups is 1. The number of imidazole rings is 1. The van der Waals surface area contributed by atoms with E-state index >= 15 is 0 Å². The predicted octanol–water partition coefficient (Wildman–Crippen LogP) is 7.73. The molecule has 2 unspecified atom stereocenters. The van der Waals surface area contributed by atoms with Gasteiger partial charge < -0.3 is 19.7 Å². The number of benzene rings is 3. The zero-order chi connectivity index (χ0) is 29.1. The Labute approximate surface area is 248 Å². The summed E-state index contributed by atoms with van der Waals surface area (Å²) in [5.74, 6) is -0.0168. The molecule has 2 atom stereocenters. The van der Waals surface area contributed by atoms with Gasteiger partial charge in [-0.3, -0.25) is 0 Å². The first-order valence-electron chi connectivity index (χ1n) is 13.8. The van der Waals surface area contributed by atoms with Gasteiger partial charge in [0, 0.05) is 34.3 Å². The second-order valence-corrected chi connectivity index (χ2v) is 13.1. The second-order valence-electron chi connectivity index (χ2n) is 11.7. The van der Waals surface area contributed by atoms with Crippen molar-refractivity contribution in [2.45, 2.75) is 58.8 Å². The van der Waals surface area contributed by atoms with Crippen molar-refractivity contribution < 1.29 is 14.6 Å². The Kier molecular flexibility index (Phi) is 7.14. The van der Waals surface area contributed by atoms with Crippen molar-refractivity contribution in [2.75, 3.05) is 13.1 Å². The number of nitrogens with one attached hydrogen (secondary N) is 1. The molecular formula is C32H33ClN4O3S. The van der Waals surface area contributed by atoms with Crippen molar-refractivity contribution in [1.29, 1.82) is 0 Å². The summed E-state index contributed by atoms with van der Waals surface area (Å²) in [5, 5.41) is 15.3. The molecule has 3 aromatic carbocycles. The molecule has 212 valence electrons. The van der Waals surface area contributed by atoms with E-state index in [1.165, 1.54) is 0 Å². The van der Waals surface area contributed by atoms with E-state index in [0.29, 0.717) is 16.6 Å². The second kappa shape index (κ2) is 10.5. The molecule has 3 heterocycles. The van der Waals surface area contributed by atoms with E-state index < -0.39 is 17.7 Å². The van der Waals surface area contributed by atoms with Gasteiger partial charge in [0.05, 0.1) is 26.9 Å². The third kappa shape index (κ3) is 5.26. The molecule has 1 saturated heterocycles. The normalized spacial score (nSPS) is 16.6. The number of nitrogens with zero attached hydrogens (tertiary/aromatic N) is 3. The van der Waals surface area contributed by atoms with Gasteiger partial charge >= 0.3 is 5.97 Å². The number of aliphatic carboxylic acids is 1. The molecule has 0 radical (unpaired) electrons. The smallest absolute Gasteiger partial charge is 0.337 e. The number of ether oxygens (including phenoxy) is 1. The van der Waals surface area contributed by atoms with E-state index in [1.54, 1.807) is 11.3 Å². The highest BCUT2D eigenvalue weighted by Gasteiger charge is 2.32. The molecule has 41 heavy (non-hydrogen) atoms. The molecule has 7 nitrogen and oxygen atoms in total. The number of aryl methyl sites for hydroxylation is 2.